The lowest BCUT2D eigenvalue weighted by Gasteiger charge is -2.33. The standard InChI is InChI=1S/C18H21N5O2/c1-22-16(24)9-8-15(21-22)18(25)23-10-4-5-12(11-23)17-19-13-6-2-3-7-14(13)20-17/h2-3,6-7,12H,4-5,8-11H2,1H3,(H,19,20)/t12-/m1/s1. The van der Waals surface area contributed by atoms with Crippen molar-refractivity contribution in [1.82, 2.24) is 19.9 Å². The zero-order valence-electron chi connectivity index (χ0n) is 14.2. The Morgan fingerprint density at radius 2 is 2.12 bits per heavy atom. The second-order valence-corrected chi connectivity index (χ2v) is 6.69. The van der Waals surface area contributed by atoms with E-state index in [9.17, 15) is 9.59 Å². The number of aromatic amines is 1. The molecule has 2 aliphatic rings. The maximum Gasteiger partial charge on any atom is 0.270 e. The molecular weight excluding hydrogens is 318 g/mol. The van der Waals surface area contributed by atoms with Crippen molar-refractivity contribution in [2.45, 2.75) is 31.6 Å². The number of amides is 2. The van der Waals surface area contributed by atoms with Gasteiger partial charge in [0.2, 0.25) is 5.91 Å². The van der Waals surface area contributed by atoms with Gasteiger partial charge in [-0.2, -0.15) is 5.10 Å². The van der Waals surface area contributed by atoms with E-state index >= 15 is 0 Å². The van der Waals surface area contributed by atoms with Gasteiger partial charge in [0.05, 0.1) is 11.0 Å². The van der Waals surface area contributed by atoms with Crippen molar-refractivity contribution < 1.29 is 9.59 Å². The number of H-pyrrole nitrogens is 1. The first-order valence-corrected chi connectivity index (χ1v) is 8.70. The summed E-state index contributed by atoms with van der Waals surface area (Å²) in [5, 5.41) is 5.43. The average molecular weight is 339 g/mol. The summed E-state index contributed by atoms with van der Waals surface area (Å²) in [7, 11) is 1.60. The van der Waals surface area contributed by atoms with Crippen LogP contribution < -0.4 is 0 Å². The number of carbonyl (C=O) groups excluding carboxylic acids is 2. The minimum Gasteiger partial charge on any atom is -0.342 e. The largest absolute Gasteiger partial charge is 0.342 e. The van der Waals surface area contributed by atoms with Gasteiger partial charge in [0, 0.05) is 38.9 Å². The van der Waals surface area contributed by atoms with E-state index in [0.29, 0.717) is 25.1 Å². The van der Waals surface area contributed by atoms with Crippen LogP contribution in [0, 0.1) is 0 Å². The molecule has 1 aromatic carbocycles. The summed E-state index contributed by atoms with van der Waals surface area (Å²) < 4.78 is 0. The first-order chi connectivity index (χ1) is 12.1. The summed E-state index contributed by atoms with van der Waals surface area (Å²) in [6, 6.07) is 7.97. The highest BCUT2D eigenvalue weighted by Gasteiger charge is 2.31. The minimum atomic E-state index is -0.0554. The second-order valence-electron chi connectivity index (χ2n) is 6.69. The fourth-order valence-electron chi connectivity index (χ4n) is 3.56. The maximum atomic E-state index is 12.8. The number of hydrogen-bond acceptors (Lipinski definition) is 4. The number of nitrogens with one attached hydrogen (secondary N) is 1. The predicted molar refractivity (Wildman–Crippen MR) is 94.1 cm³/mol. The average Bonchev–Trinajstić information content (AvgIpc) is 3.08. The number of rotatable bonds is 2. The van der Waals surface area contributed by atoms with Gasteiger partial charge in [0.15, 0.2) is 0 Å². The lowest BCUT2D eigenvalue weighted by atomic mass is 9.96. The van der Waals surface area contributed by atoms with Crippen LogP contribution in [0.1, 0.15) is 37.4 Å². The summed E-state index contributed by atoms with van der Waals surface area (Å²) in [5.74, 6) is 1.04. The Labute approximate surface area is 145 Å². The highest BCUT2D eigenvalue weighted by molar-refractivity contribution is 6.39. The van der Waals surface area contributed by atoms with Gasteiger partial charge in [-0.3, -0.25) is 9.59 Å². The summed E-state index contributed by atoms with van der Waals surface area (Å²) in [6.07, 6.45) is 2.72. The molecule has 4 rings (SSSR count). The normalized spacial score (nSPS) is 21.6. The molecule has 1 atom stereocenters. The molecule has 3 heterocycles. The quantitative estimate of drug-likeness (QED) is 0.907. The number of hydrazone groups is 1. The van der Waals surface area contributed by atoms with Crippen LogP contribution in [0.3, 0.4) is 0 Å². The van der Waals surface area contributed by atoms with Crippen molar-refractivity contribution in [2.75, 3.05) is 20.1 Å². The molecule has 1 N–H and O–H groups in total. The smallest absolute Gasteiger partial charge is 0.270 e. The first kappa shape index (κ1) is 15.8. The Kier molecular flexibility index (Phi) is 3.99. The second kappa shape index (κ2) is 6.31. The van der Waals surface area contributed by atoms with Crippen molar-refractivity contribution in [3.8, 4) is 0 Å². The van der Waals surface area contributed by atoms with Gasteiger partial charge in [0.25, 0.3) is 5.91 Å². The predicted octanol–water partition coefficient (Wildman–Crippen LogP) is 1.88. The molecule has 2 aromatic rings. The van der Waals surface area contributed by atoms with E-state index < -0.39 is 0 Å². The molecule has 0 bridgehead atoms. The third kappa shape index (κ3) is 3.01. The van der Waals surface area contributed by atoms with E-state index in [1.54, 1.807) is 7.05 Å². The van der Waals surface area contributed by atoms with E-state index in [1.807, 2.05) is 29.2 Å². The van der Waals surface area contributed by atoms with Crippen LogP contribution in [0.25, 0.3) is 11.0 Å². The van der Waals surface area contributed by atoms with E-state index in [0.717, 1.165) is 36.2 Å². The van der Waals surface area contributed by atoms with Gasteiger partial charge in [-0.15, -0.1) is 0 Å². The SMILES string of the molecule is CN1N=C(C(=O)N2CCC[C@@H](c3nc4ccccc4[nH]3)C2)CCC1=O. The third-order valence-electron chi connectivity index (χ3n) is 4.96. The number of aromatic nitrogens is 2. The van der Waals surface area contributed by atoms with Crippen LogP contribution in [0.2, 0.25) is 0 Å². The number of nitrogens with zero attached hydrogens (tertiary/aromatic N) is 4. The summed E-state index contributed by atoms with van der Waals surface area (Å²) in [5.41, 5.74) is 2.46. The van der Waals surface area contributed by atoms with E-state index in [2.05, 4.69) is 15.1 Å². The molecule has 0 radical (unpaired) electrons. The Hall–Kier alpha value is -2.70. The molecule has 0 unspecified atom stereocenters. The summed E-state index contributed by atoms with van der Waals surface area (Å²) in [4.78, 5) is 34.2. The molecule has 1 saturated heterocycles. The molecular formula is C18H21N5O2. The fourth-order valence-corrected chi connectivity index (χ4v) is 3.56. The molecule has 2 aliphatic heterocycles. The number of imidazole rings is 1. The van der Waals surface area contributed by atoms with Gasteiger partial charge in [-0.1, -0.05) is 12.1 Å². The van der Waals surface area contributed by atoms with Gasteiger partial charge in [0.1, 0.15) is 11.5 Å². The Bertz CT molecular complexity index is 823. The van der Waals surface area contributed by atoms with Crippen molar-refractivity contribution in [2.24, 2.45) is 5.10 Å². The third-order valence-corrected chi connectivity index (χ3v) is 4.96. The lowest BCUT2D eigenvalue weighted by Crippen LogP contribution is -2.45. The summed E-state index contributed by atoms with van der Waals surface area (Å²) in [6.45, 7) is 1.36. The molecule has 0 aliphatic carbocycles. The minimum absolute atomic E-state index is 0.0460. The van der Waals surface area contributed by atoms with Crippen LogP contribution in [-0.2, 0) is 9.59 Å². The highest BCUT2D eigenvalue weighted by Crippen LogP contribution is 2.27. The molecule has 7 heteroatoms. The Morgan fingerprint density at radius 3 is 2.92 bits per heavy atom. The molecule has 1 fully saturated rings. The fraction of sp³-hybridized carbons (Fsp3) is 0.444. The van der Waals surface area contributed by atoms with Crippen molar-refractivity contribution in [3.05, 3.63) is 30.1 Å². The molecule has 2 amide bonds. The van der Waals surface area contributed by atoms with Gasteiger partial charge < -0.3 is 9.88 Å². The van der Waals surface area contributed by atoms with Crippen LogP contribution in [0.4, 0.5) is 0 Å². The molecule has 25 heavy (non-hydrogen) atoms. The van der Waals surface area contributed by atoms with Crippen molar-refractivity contribution >= 4 is 28.6 Å². The summed E-state index contributed by atoms with van der Waals surface area (Å²) >= 11 is 0. The number of likely N-dealkylation sites (tertiary alicyclic amines) is 1. The Balaban J connectivity index is 1.51. The zero-order valence-corrected chi connectivity index (χ0v) is 14.2. The molecule has 7 nitrogen and oxygen atoms in total. The van der Waals surface area contributed by atoms with Crippen LogP contribution in [0.5, 0.6) is 0 Å². The van der Waals surface area contributed by atoms with Crippen molar-refractivity contribution in [3.63, 3.8) is 0 Å². The number of carbonyl (C=O) groups is 2. The van der Waals surface area contributed by atoms with Crippen LogP contribution >= 0.6 is 0 Å². The number of piperidine rings is 1. The van der Waals surface area contributed by atoms with E-state index in [-0.39, 0.29) is 17.7 Å². The monoisotopic (exact) mass is 339 g/mol. The molecule has 130 valence electrons. The zero-order chi connectivity index (χ0) is 17.4. The van der Waals surface area contributed by atoms with E-state index in [1.165, 1.54) is 5.01 Å². The molecule has 0 saturated carbocycles. The molecule has 1 aromatic heterocycles. The lowest BCUT2D eigenvalue weighted by molar-refractivity contribution is -0.130. The van der Waals surface area contributed by atoms with Crippen LogP contribution in [-0.4, -0.2) is 57.5 Å². The topological polar surface area (TPSA) is 81.7 Å². The molecule has 0 spiro atoms. The van der Waals surface area contributed by atoms with Crippen molar-refractivity contribution in [1.29, 1.82) is 0 Å². The number of fused-ring (bicyclic) bond motifs is 1. The van der Waals surface area contributed by atoms with Gasteiger partial charge in [-0.05, 0) is 25.0 Å². The number of benzene rings is 1. The van der Waals surface area contributed by atoms with E-state index in [4.69, 9.17) is 0 Å². The van der Waals surface area contributed by atoms with Gasteiger partial charge >= 0.3 is 0 Å². The number of hydrogen-bond donors (Lipinski definition) is 1. The van der Waals surface area contributed by atoms with Gasteiger partial charge in [-0.25, -0.2) is 9.99 Å². The van der Waals surface area contributed by atoms with Crippen LogP contribution in [0.15, 0.2) is 29.4 Å². The Morgan fingerprint density at radius 1 is 1.28 bits per heavy atom. The first-order valence-electron chi connectivity index (χ1n) is 8.70. The highest BCUT2D eigenvalue weighted by atomic mass is 16.2. The number of para-hydroxylation sites is 2. The maximum absolute atomic E-state index is 12.8.